The number of benzene rings is 1. The minimum Gasteiger partial charge on any atom is -0.481 e. The maximum atomic E-state index is 13.0. The van der Waals surface area contributed by atoms with Gasteiger partial charge < -0.3 is 15.3 Å². The fourth-order valence-corrected chi connectivity index (χ4v) is 4.62. The number of rotatable bonds is 6. The number of anilines is 1. The molecule has 1 saturated heterocycles. The molecule has 1 saturated carbocycles. The number of halogens is 3. The van der Waals surface area contributed by atoms with Crippen LogP contribution in [0.25, 0.3) is 10.9 Å². The Bertz CT molecular complexity index is 994. The molecule has 1 aliphatic carbocycles. The van der Waals surface area contributed by atoms with Crippen molar-refractivity contribution < 1.29 is 27.9 Å². The predicted molar refractivity (Wildman–Crippen MR) is 111 cm³/mol. The van der Waals surface area contributed by atoms with E-state index in [2.05, 4.69) is 20.4 Å². The summed E-state index contributed by atoms with van der Waals surface area (Å²) in [6, 6.07) is 3.73. The first-order valence-corrected chi connectivity index (χ1v) is 10.6. The molecule has 0 radical (unpaired) electrons. The lowest BCUT2D eigenvalue weighted by atomic mass is 9.84. The summed E-state index contributed by atoms with van der Waals surface area (Å²) in [6.45, 7) is 1.41. The van der Waals surface area contributed by atoms with Crippen LogP contribution in [0.5, 0.6) is 0 Å². The summed E-state index contributed by atoms with van der Waals surface area (Å²) in [7, 11) is 1.61. The molecule has 0 unspecified atom stereocenters. The Labute approximate surface area is 182 Å². The van der Waals surface area contributed by atoms with E-state index in [4.69, 9.17) is 5.11 Å². The first kappa shape index (κ1) is 22.4. The molecule has 0 atom stereocenters. The molecule has 32 heavy (non-hydrogen) atoms. The number of alkyl halides is 3. The number of carbonyl (C=O) groups excluding carboxylic acids is 1. The third-order valence-corrected chi connectivity index (χ3v) is 6.45. The second-order valence-electron chi connectivity index (χ2n) is 8.72. The van der Waals surface area contributed by atoms with Gasteiger partial charge in [-0.3, -0.25) is 19.6 Å². The van der Waals surface area contributed by atoms with E-state index in [-0.39, 0.29) is 30.2 Å². The molecular weight excluding hydrogens is 427 g/mol. The van der Waals surface area contributed by atoms with E-state index in [0.29, 0.717) is 29.8 Å². The van der Waals surface area contributed by atoms with Crippen LogP contribution < -0.4 is 10.2 Å². The van der Waals surface area contributed by atoms with Gasteiger partial charge in [0.15, 0.2) is 5.82 Å². The highest BCUT2D eigenvalue weighted by molar-refractivity contribution is 5.92. The van der Waals surface area contributed by atoms with Crippen molar-refractivity contribution in [2.75, 3.05) is 31.6 Å². The van der Waals surface area contributed by atoms with E-state index in [0.717, 1.165) is 38.1 Å². The monoisotopic (exact) mass is 453 g/mol. The molecule has 1 aliphatic heterocycles. The number of nitrogens with zero attached hydrogens (tertiary/aromatic N) is 3. The Hall–Kier alpha value is -2.82. The summed E-state index contributed by atoms with van der Waals surface area (Å²) in [5.41, 5.74) is -0.301. The second kappa shape index (κ2) is 8.61. The van der Waals surface area contributed by atoms with E-state index >= 15 is 0 Å². The van der Waals surface area contributed by atoms with Crippen LogP contribution in [-0.2, 0) is 15.8 Å². The number of nitrogens with one attached hydrogen (secondary N) is 2. The van der Waals surface area contributed by atoms with Crippen molar-refractivity contribution in [3.05, 3.63) is 23.8 Å². The molecule has 0 bridgehead atoms. The molecule has 2 aliphatic rings. The van der Waals surface area contributed by atoms with Gasteiger partial charge >= 0.3 is 12.1 Å². The molecule has 1 aromatic heterocycles. The number of H-pyrrole nitrogens is 1. The Balaban J connectivity index is 1.28. The van der Waals surface area contributed by atoms with Gasteiger partial charge in [0.2, 0.25) is 5.91 Å². The number of carboxylic acids is 1. The van der Waals surface area contributed by atoms with E-state index in [1.165, 1.54) is 11.0 Å². The Kier molecular flexibility index (Phi) is 6.02. The Morgan fingerprint density at radius 2 is 1.94 bits per heavy atom. The van der Waals surface area contributed by atoms with Crippen molar-refractivity contribution in [3.63, 3.8) is 0 Å². The van der Waals surface area contributed by atoms with Crippen LogP contribution in [0.3, 0.4) is 0 Å². The smallest absolute Gasteiger partial charge is 0.416 e. The number of aliphatic carboxylic acids is 1. The van der Waals surface area contributed by atoms with Gasteiger partial charge in [-0.1, -0.05) is 0 Å². The van der Waals surface area contributed by atoms with Crippen molar-refractivity contribution in [2.24, 2.45) is 5.92 Å². The number of likely N-dealkylation sites (tertiary alicyclic amines) is 1. The summed E-state index contributed by atoms with van der Waals surface area (Å²) in [5, 5.41) is 19.1. The molecule has 0 spiro atoms. The third kappa shape index (κ3) is 4.67. The maximum absolute atomic E-state index is 13.0. The number of aromatic amines is 1. The van der Waals surface area contributed by atoms with Crippen LogP contribution in [-0.4, -0.2) is 70.8 Å². The number of hydrogen-bond acceptors (Lipinski definition) is 5. The van der Waals surface area contributed by atoms with Crippen LogP contribution >= 0.6 is 0 Å². The SMILES string of the molecule is CN(CC(=O)NC1CN(C2CCC(C(=O)O)CC2)C1)c1n[nH]c2ccc(C(F)(F)F)cc12. The summed E-state index contributed by atoms with van der Waals surface area (Å²) >= 11 is 0. The molecule has 2 aromatic rings. The molecule has 2 heterocycles. The van der Waals surface area contributed by atoms with Gasteiger partial charge in [-0.15, -0.1) is 0 Å². The average molecular weight is 453 g/mol. The number of likely N-dealkylation sites (N-methyl/N-ethyl adjacent to an activating group) is 1. The van der Waals surface area contributed by atoms with Gasteiger partial charge in [-0.2, -0.15) is 18.3 Å². The molecule has 1 amide bonds. The number of carboxylic acid groups (broad SMARTS) is 1. The highest BCUT2D eigenvalue weighted by Crippen LogP contribution is 2.34. The van der Waals surface area contributed by atoms with Crippen LogP contribution in [0.1, 0.15) is 31.2 Å². The first-order chi connectivity index (χ1) is 15.1. The van der Waals surface area contributed by atoms with Gasteiger partial charge in [-0.25, -0.2) is 0 Å². The standard InChI is InChI=1S/C21H26F3N5O3/c1-28(19-16-8-13(21(22,23)24)4-7-17(16)26-27-19)11-18(30)25-14-9-29(10-14)15-5-2-12(3-6-15)20(31)32/h4,7-8,12,14-15H,2-3,5-6,9-11H2,1H3,(H,25,30)(H,26,27)(H,31,32). The summed E-state index contributed by atoms with van der Waals surface area (Å²) < 4.78 is 39.1. The van der Waals surface area contributed by atoms with Gasteiger partial charge in [0.25, 0.3) is 0 Å². The minimum atomic E-state index is -4.46. The largest absolute Gasteiger partial charge is 0.481 e. The van der Waals surface area contributed by atoms with Gasteiger partial charge in [0.1, 0.15) is 0 Å². The van der Waals surface area contributed by atoms with Crippen molar-refractivity contribution in [1.82, 2.24) is 20.4 Å². The fourth-order valence-electron chi connectivity index (χ4n) is 4.62. The quantitative estimate of drug-likeness (QED) is 0.621. The van der Waals surface area contributed by atoms with Crippen LogP contribution in [0.4, 0.5) is 19.0 Å². The van der Waals surface area contributed by atoms with Crippen LogP contribution in [0.2, 0.25) is 0 Å². The zero-order chi connectivity index (χ0) is 23.0. The van der Waals surface area contributed by atoms with Gasteiger partial charge in [0, 0.05) is 31.6 Å². The summed E-state index contributed by atoms with van der Waals surface area (Å²) in [5.74, 6) is -0.911. The minimum absolute atomic E-state index is 0.0147. The number of fused-ring (bicyclic) bond motifs is 1. The molecule has 3 N–H and O–H groups in total. The molecule has 8 nitrogen and oxygen atoms in total. The third-order valence-electron chi connectivity index (χ3n) is 6.45. The van der Waals surface area contributed by atoms with Crippen LogP contribution in [0.15, 0.2) is 18.2 Å². The lowest BCUT2D eigenvalue weighted by Crippen LogP contribution is -2.63. The first-order valence-electron chi connectivity index (χ1n) is 10.6. The lowest BCUT2D eigenvalue weighted by Gasteiger charge is -2.46. The van der Waals surface area contributed by atoms with Crippen molar-refractivity contribution in [1.29, 1.82) is 0 Å². The molecule has 11 heteroatoms. The highest BCUT2D eigenvalue weighted by Gasteiger charge is 2.36. The Morgan fingerprint density at radius 3 is 2.56 bits per heavy atom. The summed E-state index contributed by atoms with van der Waals surface area (Å²) in [6.07, 6.45) is -1.38. The number of hydrogen-bond donors (Lipinski definition) is 3. The normalized spacial score (nSPS) is 22.5. The number of amides is 1. The number of aromatic nitrogens is 2. The number of carbonyl (C=O) groups is 2. The zero-order valence-corrected chi connectivity index (χ0v) is 17.7. The summed E-state index contributed by atoms with van der Waals surface area (Å²) in [4.78, 5) is 27.3. The van der Waals surface area contributed by atoms with Crippen molar-refractivity contribution >= 4 is 28.6 Å². The topological polar surface area (TPSA) is 102 Å². The molecule has 2 fully saturated rings. The Morgan fingerprint density at radius 1 is 1.25 bits per heavy atom. The van der Waals surface area contributed by atoms with Gasteiger partial charge in [-0.05, 0) is 43.9 Å². The van der Waals surface area contributed by atoms with E-state index in [1.807, 2.05) is 0 Å². The predicted octanol–water partition coefficient (Wildman–Crippen LogP) is 2.46. The van der Waals surface area contributed by atoms with E-state index in [1.54, 1.807) is 7.05 Å². The molecule has 174 valence electrons. The van der Waals surface area contributed by atoms with Crippen molar-refractivity contribution in [2.45, 2.75) is 43.9 Å². The fraction of sp³-hybridized carbons (Fsp3) is 0.571. The molecule has 1 aromatic carbocycles. The average Bonchev–Trinajstić information content (AvgIpc) is 3.13. The van der Waals surface area contributed by atoms with Gasteiger partial charge in [0.05, 0.1) is 29.6 Å². The molecular formula is C21H26F3N5O3. The van der Waals surface area contributed by atoms with Crippen LogP contribution in [0, 0.1) is 5.92 Å². The second-order valence-corrected chi connectivity index (χ2v) is 8.72. The van der Waals surface area contributed by atoms with Crippen molar-refractivity contribution in [3.8, 4) is 0 Å². The molecule has 4 rings (SSSR count). The van der Waals surface area contributed by atoms with E-state index in [9.17, 15) is 22.8 Å². The lowest BCUT2D eigenvalue weighted by molar-refractivity contribution is -0.143. The highest BCUT2D eigenvalue weighted by atomic mass is 19.4. The maximum Gasteiger partial charge on any atom is 0.416 e. The zero-order valence-electron chi connectivity index (χ0n) is 17.7. The van der Waals surface area contributed by atoms with E-state index < -0.39 is 17.7 Å².